The van der Waals surface area contributed by atoms with E-state index in [9.17, 15) is 23.7 Å². The van der Waals surface area contributed by atoms with Crippen LogP contribution in [0, 0.1) is 10.1 Å². The number of ether oxygens (including phenoxy) is 1. The van der Waals surface area contributed by atoms with Gasteiger partial charge in [-0.15, -0.1) is 0 Å². The number of nitro groups is 1. The minimum atomic E-state index is -2.87. The lowest BCUT2D eigenvalue weighted by Gasteiger charge is -2.35. The molecule has 3 rings (SSSR count). The van der Waals surface area contributed by atoms with E-state index in [2.05, 4.69) is 20.3 Å². The lowest BCUT2D eigenvalue weighted by Crippen LogP contribution is -2.42. The number of piperidine rings is 1. The normalized spacial score (nSPS) is 16.3. The number of carbonyl (C=O) groups is 1. The number of rotatable bonds is 7. The number of nitro benzene ring substituents is 1. The van der Waals surface area contributed by atoms with Crippen LogP contribution in [0.4, 0.5) is 25.8 Å². The Hall–Kier alpha value is -3.43. The van der Waals surface area contributed by atoms with Crippen molar-refractivity contribution in [3.63, 3.8) is 0 Å². The first kappa shape index (κ1) is 21.3. The number of hydrogen-bond donors (Lipinski definition) is 2. The molecule has 10 heteroatoms. The number of alkyl halides is 2. The molecule has 2 aromatic rings. The topological polar surface area (TPSA) is 96.7 Å². The fourth-order valence-corrected chi connectivity index (χ4v) is 3.48. The molecule has 0 spiro atoms. The zero-order chi connectivity index (χ0) is 21.7. The Kier molecular flexibility index (Phi) is 6.65. The van der Waals surface area contributed by atoms with Gasteiger partial charge in [-0.1, -0.05) is 0 Å². The molecule has 1 fully saturated rings. The lowest BCUT2D eigenvalue weighted by molar-refractivity contribution is -0.384. The van der Waals surface area contributed by atoms with Crippen molar-refractivity contribution in [3.8, 4) is 5.75 Å². The minimum absolute atomic E-state index is 0.000558. The van der Waals surface area contributed by atoms with E-state index in [1.807, 2.05) is 0 Å². The van der Waals surface area contributed by atoms with Crippen molar-refractivity contribution in [2.24, 2.45) is 0 Å². The molecule has 1 atom stereocenters. The van der Waals surface area contributed by atoms with Crippen molar-refractivity contribution in [1.29, 1.82) is 0 Å². The fraction of sp³-hybridized carbons (Fsp3) is 0.350. The molecule has 0 radical (unpaired) electrons. The second-order valence-electron chi connectivity index (χ2n) is 6.87. The number of halogens is 2. The van der Waals surface area contributed by atoms with Gasteiger partial charge in [0.15, 0.2) is 0 Å². The molecule has 1 amide bonds. The van der Waals surface area contributed by atoms with Gasteiger partial charge in [0.25, 0.3) is 11.6 Å². The molecule has 1 saturated heterocycles. The monoisotopic (exact) mass is 420 g/mol. The highest BCUT2D eigenvalue weighted by Gasteiger charge is 2.23. The van der Waals surface area contributed by atoms with Crippen LogP contribution in [0.5, 0.6) is 5.75 Å². The fourth-order valence-electron chi connectivity index (χ4n) is 3.48. The standard InChI is InChI=1S/C20H22F2N4O4/c1-23-19(27)17-11-15(26(28)29)6-9-18(17)24-13-3-2-10-25(12-13)14-4-7-16(8-5-14)30-20(21)22/h4-9,11,13,20,24H,2-3,10,12H2,1H3,(H,23,27). The summed E-state index contributed by atoms with van der Waals surface area (Å²) in [6.45, 7) is -1.44. The zero-order valence-electron chi connectivity index (χ0n) is 16.3. The van der Waals surface area contributed by atoms with Crippen LogP contribution in [0.3, 0.4) is 0 Å². The summed E-state index contributed by atoms with van der Waals surface area (Å²) in [6.07, 6.45) is 1.74. The Balaban J connectivity index is 1.73. The summed E-state index contributed by atoms with van der Waals surface area (Å²) in [4.78, 5) is 24.8. The number of benzene rings is 2. The maximum absolute atomic E-state index is 12.3. The summed E-state index contributed by atoms with van der Waals surface area (Å²) >= 11 is 0. The van der Waals surface area contributed by atoms with E-state index in [1.54, 1.807) is 12.1 Å². The largest absolute Gasteiger partial charge is 0.435 e. The highest BCUT2D eigenvalue weighted by Crippen LogP contribution is 2.27. The van der Waals surface area contributed by atoms with Crippen molar-refractivity contribution in [1.82, 2.24) is 5.32 Å². The summed E-state index contributed by atoms with van der Waals surface area (Å²) in [7, 11) is 1.47. The van der Waals surface area contributed by atoms with Crippen LogP contribution in [0.15, 0.2) is 42.5 Å². The van der Waals surface area contributed by atoms with Crippen LogP contribution >= 0.6 is 0 Å². The highest BCUT2D eigenvalue weighted by atomic mass is 19.3. The highest BCUT2D eigenvalue weighted by molar-refractivity contribution is 6.00. The van der Waals surface area contributed by atoms with Gasteiger partial charge < -0.3 is 20.3 Å². The van der Waals surface area contributed by atoms with Crippen LogP contribution in [-0.4, -0.2) is 43.6 Å². The molecule has 2 aromatic carbocycles. The van der Waals surface area contributed by atoms with E-state index in [4.69, 9.17) is 0 Å². The number of amides is 1. The van der Waals surface area contributed by atoms with E-state index in [-0.39, 0.29) is 23.0 Å². The Morgan fingerprint density at radius 3 is 2.63 bits per heavy atom. The molecular weight excluding hydrogens is 398 g/mol. The molecule has 0 aromatic heterocycles. The van der Waals surface area contributed by atoms with E-state index in [0.29, 0.717) is 12.2 Å². The average molecular weight is 420 g/mol. The molecule has 1 unspecified atom stereocenters. The van der Waals surface area contributed by atoms with Crippen LogP contribution in [0.1, 0.15) is 23.2 Å². The van der Waals surface area contributed by atoms with Gasteiger partial charge in [0.2, 0.25) is 0 Å². The molecule has 30 heavy (non-hydrogen) atoms. The molecule has 2 N–H and O–H groups in total. The van der Waals surface area contributed by atoms with Gasteiger partial charge in [-0.05, 0) is 43.2 Å². The molecule has 1 aliphatic rings. The first-order valence-electron chi connectivity index (χ1n) is 9.44. The SMILES string of the molecule is CNC(=O)c1cc([N+](=O)[O-])ccc1NC1CCCN(c2ccc(OC(F)F)cc2)C1. The first-order valence-corrected chi connectivity index (χ1v) is 9.44. The van der Waals surface area contributed by atoms with Crippen molar-refractivity contribution < 1.29 is 23.2 Å². The van der Waals surface area contributed by atoms with E-state index in [1.165, 1.54) is 37.4 Å². The van der Waals surface area contributed by atoms with E-state index in [0.717, 1.165) is 25.1 Å². The number of non-ortho nitro benzene ring substituents is 1. The third-order valence-corrected chi connectivity index (χ3v) is 4.89. The Labute approximate surface area is 172 Å². The summed E-state index contributed by atoms with van der Waals surface area (Å²) < 4.78 is 29.0. The van der Waals surface area contributed by atoms with Gasteiger partial charge in [0.1, 0.15) is 5.75 Å². The zero-order valence-corrected chi connectivity index (χ0v) is 16.3. The molecule has 1 aliphatic heterocycles. The second-order valence-corrected chi connectivity index (χ2v) is 6.87. The quantitative estimate of drug-likeness (QED) is 0.524. The number of nitrogens with zero attached hydrogens (tertiary/aromatic N) is 2. The number of carbonyl (C=O) groups excluding carboxylic acids is 1. The summed E-state index contributed by atoms with van der Waals surface area (Å²) in [5.41, 5.74) is 1.44. The second kappa shape index (κ2) is 9.38. The number of nitrogens with one attached hydrogen (secondary N) is 2. The van der Waals surface area contributed by atoms with Gasteiger partial charge in [-0.3, -0.25) is 14.9 Å². The average Bonchev–Trinajstić information content (AvgIpc) is 2.73. The van der Waals surface area contributed by atoms with Crippen molar-refractivity contribution in [2.75, 3.05) is 30.4 Å². The van der Waals surface area contributed by atoms with Crippen LogP contribution < -0.4 is 20.3 Å². The number of anilines is 2. The Morgan fingerprint density at radius 2 is 2.00 bits per heavy atom. The lowest BCUT2D eigenvalue weighted by atomic mass is 10.0. The van der Waals surface area contributed by atoms with Gasteiger partial charge in [-0.25, -0.2) is 0 Å². The van der Waals surface area contributed by atoms with Crippen molar-refractivity contribution in [3.05, 3.63) is 58.1 Å². The number of hydrogen-bond acceptors (Lipinski definition) is 6. The van der Waals surface area contributed by atoms with Crippen molar-refractivity contribution >= 4 is 23.0 Å². The molecular formula is C20H22F2N4O4. The Bertz CT molecular complexity index is 908. The van der Waals surface area contributed by atoms with E-state index >= 15 is 0 Å². The van der Waals surface area contributed by atoms with Gasteiger partial charge in [-0.2, -0.15) is 8.78 Å². The van der Waals surface area contributed by atoms with Gasteiger partial charge in [0, 0.05) is 49.7 Å². The van der Waals surface area contributed by atoms with E-state index < -0.39 is 17.4 Å². The molecule has 1 heterocycles. The van der Waals surface area contributed by atoms with Crippen LogP contribution in [0.2, 0.25) is 0 Å². The predicted octanol–water partition coefficient (Wildman–Crippen LogP) is 3.64. The molecule has 0 aliphatic carbocycles. The maximum Gasteiger partial charge on any atom is 0.387 e. The Morgan fingerprint density at radius 1 is 1.27 bits per heavy atom. The third kappa shape index (κ3) is 5.13. The van der Waals surface area contributed by atoms with Gasteiger partial charge in [0.05, 0.1) is 10.5 Å². The van der Waals surface area contributed by atoms with Gasteiger partial charge >= 0.3 is 6.61 Å². The summed E-state index contributed by atoms with van der Waals surface area (Å²) in [6, 6.07) is 10.6. The minimum Gasteiger partial charge on any atom is -0.435 e. The summed E-state index contributed by atoms with van der Waals surface area (Å²) in [5, 5.41) is 16.9. The third-order valence-electron chi connectivity index (χ3n) is 4.89. The molecule has 8 nitrogen and oxygen atoms in total. The smallest absolute Gasteiger partial charge is 0.387 e. The van der Waals surface area contributed by atoms with Crippen molar-refractivity contribution in [2.45, 2.75) is 25.5 Å². The predicted molar refractivity (Wildman–Crippen MR) is 108 cm³/mol. The first-order chi connectivity index (χ1) is 14.4. The maximum atomic E-state index is 12.3. The molecule has 160 valence electrons. The summed E-state index contributed by atoms with van der Waals surface area (Å²) in [5.74, 6) is -0.315. The van der Waals surface area contributed by atoms with Crippen LogP contribution in [-0.2, 0) is 0 Å². The molecule has 0 saturated carbocycles. The van der Waals surface area contributed by atoms with Crippen LogP contribution in [0.25, 0.3) is 0 Å². The molecule has 0 bridgehead atoms.